The number of ether oxygens (including phenoxy) is 1. The van der Waals surface area contributed by atoms with Gasteiger partial charge in [-0.3, -0.25) is 9.59 Å². The van der Waals surface area contributed by atoms with Gasteiger partial charge >= 0.3 is 0 Å². The normalized spacial score (nSPS) is 18.7. The van der Waals surface area contributed by atoms with Crippen LogP contribution in [0.15, 0.2) is 59.7 Å². The zero-order valence-electron chi connectivity index (χ0n) is 17.9. The quantitative estimate of drug-likeness (QED) is 0.731. The zero-order chi connectivity index (χ0) is 21.6. The van der Waals surface area contributed by atoms with Gasteiger partial charge in [0.1, 0.15) is 5.75 Å². The Labute approximate surface area is 183 Å². The SMILES string of the molecule is COc1ccc([C@H]2CC(c3ccccc3)=NN2C(=O)CCC(=O)NC2CCCC2)cc1. The van der Waals surface area contributed by atoms with Crippen LogP contribution in [0.1, 0.15) is 62.1 Å². The van der Waals surface area contributed by atoms with Crippen molar-refractivity contribution >= 4 is 17.5 Å². The summed E-state index contributed by atoms with van der Waals surface area (Å²) >= 11 is 0. The molecule has 2 aromatic rings. The molecule has 1 heterocycles. The largest absolute Gasteiger partial charge is 0.497 e. The summed E-state index contributed by atoms with van der Waals surface area (Å²) in [5, 5.41) is 9.30. The molecule has 2 amide bonds. The van der Waals surface area contributed by atoms with Crippen LogP contribution < -0.4 is 10.1 Å². The van der Waals surface area contributed by atoms with Crippen LogP contribution >= 0.6 is 0 Å². The molecule has 1 saturated carbocycles. The van der Waals surface area contributed by atoms with Crippen LogP contribution in [-0.2, 0) is 9.59 Å². The Bertz CT molecular complexity index is 934. The topological polar surface area (TPSA) is 71.0 Å². The molecule has 0 saturated heterocycles. The molecule has 4 rings (SSSR count). The second-order valence-corrected chi connectivity index (χ2v) is 8.19. The van der Waals surface area contributed by atoms with Crippen LogP contribution in [-0.4, -0.2) is 35.7 Å². The van der Waals surface area contributed by atoms with Crippen LogP contribution in [0.4, 0.5) is 0 Å². The highest BCUT2D eigenvalue weighted by Gasteiger charge is 2.33. The van der Waals surface area contributed by atoms with Crippen molar-refractivity contribution in [3.8, 4) is 5.75 Å². The minimum atomic E-state index is -0.188. The van der Waals surface area contributed by atoms with E-state index in [-0.39, 0.29) is 36.7 Å². The first-order valence-corrected chi connectivity index (χ1v) is 11.0. The fourth-order valence-electron chi connectivity index (χ4n) is 4.34. The van der Waals surface area contributed by atoms with Gasteiger partial charge in [-0.05, 0) is 36.1 Å². The third-order valence-electron chi connectivity index (χ3n) is 6.06. The number of hydrazone groups is 1. The van der Waals surface area contributed by atoms with Gasteiger partial charge in [0, 0.05) is 25.3 Å². The zero-order valence-corrected chi connectivity index (χ0v) is 17.9. The lowest BCUT2D eigenvalue weighted by molar-refractivity contribution is -0.135. The lowest BCUT2D eigenvalue weighted by atomic mass is 9.98. The van der Waals surface area contributed by atoms with Gasteiger partial charge in [-0.1, -0.05) is 55.3 Å². The summed E-state index contributed by atoms with van der Waals surface area (Å²) in [5.74, 6) is 0.591. The van der Waals surface area contributed by atoms with Crippen LogP contribution in [0.25, 0.3) is 0 Å². The molecule has 2 aromatic carbocycles. The van der Waals surface area contributed by atoms with E-state index in [0.29, 0.717) is 6.42 Å². The molecule has 6 heteroatoms. The maximum atomic E-state index is 13.1. The van der Waals surface area contributed by atoms with Crippen LogP contribution in [0, 0.1) is 0 Å². The summed E-state index contributed by atoms with van der Waals surface area (Å²) in [6.45, 7) is 0. The number of hydrogen-bond donors (Lipinski definition) is 1. The summed E-state index contributed by atoms with van der Waals surface area (Å²) < 4.78 is 5.26. The van der Waals surface area contributed by atoms with Gasteiger partial charge < -0.3 is 10.1 Å². The van der Waals surface area contributed by atoms with E-state index in [1.54, 1.807) is 12.1 Å². The Balaban J connectivity index is 1.47. The van der Waals surface area contributed by atoms with Crippen molar-refractivity contribution in [1.29, 1.82) is 0 Å². The fraction of sp³-hybridized carbons (Fsp3) is 0.400. The maximum absolute atomic E-state index is 13.1. The number of hydrogen-bond acceptors (Lipinski definition) is 4. The third kappa shape index (κ3) is 5.13. The van der Waals surface area contributed by atoms with E-state index in [4.69, 9.17) is 4.74 Å². The number of carbonyl (C=O) groups excluding carboxylic acids is 2. The molecule has 1 N–H and O–H groups in total. The monoisotopic (exact) mass is 419 g/mol. The molecule has 1 atom stereocenters. The van der Waals surface area contributed by atoms with Gasteiger partial charge in [0.2, 0.25) is 11.8 Å². The number of benzene rings is 2. The average molecular weight is 420 g/mol. The van der Waals surface area contributed by atoms with E-state index in [2.05, 4.69) is 10.4 Å². The minimum absolute atomic E-state index is 0.0484. The van der Waals surface area contributed by atoms with Crippen molar-refractivity contribution in [3.05, 3.63) is 65.7 Å². The molecule has 0 unspecified atom stereocenters. The first-order valence-electron chi connectivity index (χ1n) is 11.0. The van der Waals surface area contributed by atoms with Crippen molar-refractivity contribution in [2.24, 2.45) is 5.10 Å². The molecule has 1 aliphatic carbocycles. The van der Waals surface area contributed by atoms with E-state index in [0.717, 1.165) is 48.3 Å². The van der Waals surface area contributed by atoms with Crippen LogP contribution in [0.2, 0.25) is 0 Å². The average Bonchev–Trinajstić information content (AvgIpc) is 3.48. The third-order valence-corrected chi connectivity index (χ3v) is 6.06. The van der Waals surface area contributed by atoms with Gasteiger partial charge in [0.15, 0.2) is 0 Å². The number of carbonyl (C=O) groups is 2. The number of nitrogens with zero attached hydrogens (tertiary/aromatic N) is 2. The predicted octanol–water partition coefficient (Wildman–Crippen LogP) is 4.21. The summed E-state index contributed by atoms with van der Waals surface area (Å²) in [4.78, 5) is 25.4. The minimum Gasteiger partial charge on any atom is -0.497 e. The van der Waals surface area contributed by atoms with Gasteiger partial charge in [-0.2, -0.15) is 5.10 Å². The molecular weight excluding hydrogens is 390 g/mol. The Morgan fingerprint density at radius 3 is 2.42 bits per heavy atom. The standard InChI is InChI=1S/C25H29N3O3/c1-31-21-13-11-19(12-14-21)23-17-22(18-7-3-2-4-8-18)27-28(23)25(30)16-15-24(29)26-20-9-5-6-10-20/h2-4,7-8,11-14,20,23H,5-6,9-10,15-17H2,1H3,(H,26,29)/t23-/m1/s1. The summed E-state index contributed by atoms with van der Waals surface area (Å²) in [7, 11) is 1.63. The lowest BCUT2D eigenvalue weighted by Gasteiger charge is -2.22. The van der Waals surface area contributed by atoms with E-state index < -0.39 is 0 Å². The van der Waals surface area contributed by atoms with E-state index >= 15 is 0 Å². The predicted molar refractivity (Wildman–Crippen MR) is 120 cm³/mol. The second-order valence-electron chi connectivity index (χ2n) is 8.19. The Hall–Kier alpha value is -3.15. The van der Waals surface area contributed by atoms with Crippen molar-refractivity contribution in [3.63, 3.8) is 0 Å². The molecular formula is C25H29N3O3. The van der Waals surface area contributed by atoms with Crippen molar-refractivity contribution < 1.29 is 14.3 Å². The molecule has 6 nitrogen and oxygen atoms in total. The molecule has 2 aliphatic rings. The number of methoxy groups -OCH3 is 1. The Kier molecular flexibility index (Phi) is 6.65. The molecule has 0 bridgehead atoms. The van der Waals surface area contributed by atoms with Crippen molar-refractivity contribution in [1.82, 2.24) is 10.3 Å². The molecule has 31 heavy (non-hydrogen) atoms. The maximum Gasteiger partial charge on any atom is 0.243 e. The molecule has 0 aromatic heterocycles. The Morgan fingerprint density at radius 2 is 1.74 bits per heavy atom. The first kappa shape index (κ1) is 21.1. The summed E-state index contributed by atoms with van der Waals surface area (Å²) in [5.41, 5.74) is 2.89. The molecule has 0 spiro atoms. The van der Waals surface area contributed by atoms with E-state index in [1.807, 2.05) is 54.6 Å². The molecule has 1 aliphatic heterocycles. The molecule has 162 valence electrons. The van der Waals surface area contributed by atoms with Gasteiger partial charge in [-0.25, -0.2) is 5.01 Å². The highest BCUT2D eigenvalue weighted by molar-refractivity contribution is 6.03. The highest BCUT2D eigenvalue weighted by Crippen LogP contribution is 2.34. The molecule has 1 fully saturated rings. The van der Waals surface area contributed by atoms with Gasteiger partial charge in [0.05, 0.1) is 18.9 Å². The number of amides is 2. The summed E-state index contributed by atoms with van der Waals surface area (Å²) in [6, 6.07) is 17.7. The summed E-state index contributed by atoms with van der Waals surface area (Å²) in [6.07, 6.45) is 5.38. The lowest BCUT2D eigenvalue weighted by Crippen LogP contribution is -2.34. The first-order chi connectivity index (χ1) is 15.1. The van der Waals surface area contributed by atoms with Crippen LogP contribution in [0.3, 0.4) is 0 Å². The van der Waals surface area contributed by atoms with Gasteiger partial charge in [-0.15, -0.1) is 0 Å². The second kappa shape index (κ2) is 9.77. The Morgan fingerprint density at radius 1 is 1.03 bits per heavy atom. The number of rotatable bonds is 7. The van der Waals surface area contributed by atoms with Crippen molar-refractivity contribution in [2.45, 2.75) is 57.0 Å². The van der Waals surface area contributed by atoms with E-state index in [1.165, 1.54) is 0 Å². The smallest absolute Gasteiger partial charge is 0.243 e. The fourth-order valence-corrected chi connectivity index (χ4v) is 4.34. The van der Waals surface area contributed by atoms with Crippen LogP contribution in [0.5, 0.6) is 5.75 Å². The van der Waals surface area contributed by atoms with Crippen molar-refractivity contribution in [2.75, 3.05) is 7.11 Å². The highest BCUT2D eigenvalue weighted by atomic mass is 16.5. The van der Waals surface area contributed by atoms with E-state index in [9.17, 15) is 9.59 Å². The molecule has 0 radical (unpaired) electrons. The number of nitrogens with one attached hydrogen (secondary N) is 1. The van der Waals surface area contributed by atoms with Gasteiger partial charge in [0.25, 0.3) is 0 Å².